The van der Waals surface area contributed by atoms with E-state index in [4.69, 9.17) is 9.05 Å². The number of unbranched alkanes of at least 4 members (excludes halogenated alkanes) is 28. The number of hydrogen-bond donors (Lipinski definition) is 2. The lowest BCUT2D eigenvalue weighted by atomic mass is 10.0. The fourth-order valence-electron chi connectivity index (χ4n) is 6.75. The molecule has 0 aliphatic carbocycles. The van der Waals surface area contributed by atoms with Crippen LogP contribution < -0.4 is 10.2 Å². The summed E-state index contributed by atoms with van der Waals surface area (Å²) in [5.41, 5.74) is 0. The second kappa shape index (κ2) is 36.2. The van der Waals surface area contributed by atoms with Crippen molar-refractivity contribution in [3.8, 4) is 0 Å². The highest BCUT2D eigenvalue weighted by Crippen LogP contribution is 2.38. The zero-order valence-corrected chi connectivity index (χ0v) is 36.2. The van der Waals surface area contributed by atoms with Crippen LogP contribution in [0.5, 0.6) is 0 Å². The lowest BCUT2D eigenvalue weighted by molar-refractivity contribution is -0.870. The second-order valence-corrected chi connectivity index (χ2v) is 18.2. The molecule has 0 saturated heterocycles. The van der Waals surface area contributed by atoms with E-state index in [1.54, 1.807) is 0 Å². The van der Waals surface area contributed by atoms with Crippen LogP contribution in [0.15, 0.2) is 0 Å². The van der Waals surface area contributed by atoms with E-state index in [0.717, 1.165) is 38.5 Å². The first-order valence-corrected chi connectivity index (χ1v) is 23.8. The SMILES string of the molecule is CCCCCCCCCCCCCCCCCC(=O)NC(COP(=O)([O-])OCC[N+](C)(C)C)C(O)CCCCCCCCCCCCCCCCC. The molecule has 0 spiro atoms. The molecule has 0 rings (SSSR count). The molecule has 312 valence electrons. The van der Waals surface area contributed by atoms with E-state index in [0.29, 0.717) is 23.9 Å². The van der Waals surface area contributed by atoms with E-state index in [1.165, 1.54) is 154 Å². The van der Waals surface area contributed by atoms with Crippen molar-refractivity contribution < 1.29 is 32.9 Å². The van der Waals surface area contributed by atoms with Crippen LogP contribution in [-0.2, 0) is 18.4 Å². The molecule has 52 heavy (non-hydrogen) atoms. The molecule has 0 aromatic carbocycles. The summed E-state index contributed by atoms with van der Waals surface area (Å²) < 4.78 is 23.3. The molecule has 8 nitrogen and oxygen atoms in total. The van der Waals surface area contributed by atoms with E-state index in [-0.39, 0.29) is 19.1 Å². The number of aliphatic hydroxyl groups excluding tert-OH is 1. The van der Waals surface area contributed by atoms with Gasteiger partial charge in [0.2, 0.25) is 5.91 Å². The Kier molecular flexibility index (Phi) is 35.8. The summed E-state index contributed by atoms with van der Waals surface area (Å²) in [4.78, 5) is 25.3. The smallest absolute Gasteiger partial charge is 0.268 e. The van der Waals surface area contributed by atoms with Crippen LogP contribution in [0, 0.1) is 0 Å². The number of aliphatic hydroxyl groups is 1. The molecule has 0 bridgehead atoms. The van der Waals surface area contributed by atoms with Gasteiger partial charge in [-0.05, 0) is 12.8 Å². The summed E-state index contributed by atoms with van der Waals surface area (Å²) in [6, 6.07) is -0.792. The number of nitrogens with zero attached hydrogens (tertiary/aromatic N) is 1. The molecule has 1 amide bonds. The highest BCUT2D eigenvalue weighted by molar-refractivity contribution is 7.45. The Labute approximate surface area is 323 Å². The number of quaternary nitrogens is 1. The van der Waals surface area contributed by atoms with Crippen molar-refractivity contribution in [3.63, 3.8) is 0 Å². The third-order valence-corrected chi connectivity index (χ3v) is 11.3. The Morgan fingerprint density at radius 1 is 0.596 bits per heavy atom. The van der Waals surface area contributed by atoms with E-state index >= 15 is 0 Å². The van der Waals surface area contributed by atoms with Gasteiger partial charge in [0.15, 0.2) is 0 Å². The molecule has 0 aromatic rings. The number of amides is 1. The molecule has 0 saturated carbocycles. The standard InChI is InChI=1S/C43H89N2O6P/c1-6-8-10-12-14-16-18-20-22-24-26-28-30-32-34-36-42(46)41(40-51-52(48,49)50-39-38-45(3,4)5)44-43(47)37-35-33-31-29-27-25-23-21-19-17-15-13-11-9-7-2/h41-42,46H,6-40H2,1-5H3,(H-,44,47,48,49). The predicted octanol–water partition coefficient (Wildman–Crippen LogP) is 11.6. The minimum absolute atomic E-state index is 0.0160. The van der Waals surface area contributed by atoms with E-state index < -0.39 is 20.0 Å². The molecular weight excluding hydrogens is 671 g/mol. The van der Waals surface area contributed by atoms with E-state index in [9.17, 15) is 19.4 Å². The van der Waals surface area contributed by atoms with Crippen LogP contribution >= 0.6 is 7.82 Å². The summed E-state index contributed by atoms with van der Waals surface area (Å²) in [5, 5.41) is 13.9. The van der Waals surface area contributed by atoms with Gasteiger partial charge in [-0.25, -0.2) is 0 Å². The Hall–Kier alpha value is -0.500. The first kappa shape index (κ1) is 51.5. The highest BCUT2D eigenvalue weighted by atomic mass is 31.2. The zero-order valence-electron chi connectivity index (χ0n) is 35.3. The van der Waals surface area contributed by atoms with Gasteiger partial charge in [-0.1, -0.05) is 200 Å². The number of carbonyl (C=O) groups excluding carboxylic acids is 1. The van der Waals surface area contributed by atoms with Crippen molar-refractivity contribution in [2.45, 2.75) is 231 Å². The van der Waals surface area contributed by atoms with Crippen LogP contribution in [0.25, 0.3) is 0 Å². The molecule has 0 aliphatic heterocycles. The van der Waals surface area contributed by atoms with Crippen LogP contribution in [0.4, 0.5) is 0 Å². The predicted molar refractivity (Wildman–Crippen MR) is 219 cm³/mol. The van der Waals surface area contributed by atoms with Gasteiger partial charge in [0.1, 0.15) is 13.2 Å². The minimum atomic E-state index is -4.55. The molecule has 0 fully saturated rings. The topological polar surface area (TPSA) is 108 Å². The minimum Gasteiger partial charge on any atom is -0.756 e. The third-order valence-electron chi connectivity index (χ3n) is 10.3. The van der Waals surface area contributed by atoms with Crippen LogP contribution in [0.1, 0.15) is 219 Å². The first-order chi connectivity index (χ1) is 25.0. The Bertz CT molecular complexity index is 824. The number of rotatable bonds is 41. The van der Waals surface area contributed by atoms with E-state index in [1.807, 2.05) is 21.1 Å². The van der Waals surface area contributed by atoms with Gasteiger partial charge in [-0.3, -0.25) is 9.36 Å². The van der Waals surface area contributed by atoms with Gasteiger partial charge in [-0.2, -0.15) is 0 Å². The number of carbonyl (C=O) groups is 1. The van der Waals surface area contributed by atoms with E-state index in [2.05, 4.69) is 19.2 Å². The van der Waals surface area contributed by atoms with Gasteiger partial charge < -0.3 is 28.8 Å². The summed E-state index contributed by atoms with van der Waals surface area (Å²) in [6.07, 6.45) is 38.1. The third kappa shape index (κ3) is 37.8. The monoisotopic (exact) mass is 761 g/mol. The molecule has 0 radical (unpaired) electrons. The lowest BCUT2D eigenvalue weighted by Crippen LogP contribution is -2.46. The Morgan fingerprint density at radius 3 is 1.31 bits per heavy atom. The van der Waals surface area contributed by atoms with Gasteiger partial charge in [-0.15, -0.1) is 0 Å². The number of phosphoric ester groups is 1. The molecule has 0 aliphatic rings. The van der Waals surface area contributed by atoms with Crippen molar-refractivity contribution >= 4 is 13.7 Å². The van der Waals surface area contributed by atoms with Crippen molar-refractivity contribution in [3.05, 3.63) is 0 Å². The van der Waals surface area contributed by atoms with Crippen molar-refractivity contribution in [1.82, 2.24) is 5.32 Å². The average Bonchev–Trinajstić information content (AvgIpc) is 3.09. The van der Waals surface area contributed by atoms with Gasteiger partial charge in [0.25, 0.3) is 7.82 Å². The summed E-state index contributed by atoms with van der Waals surface area (Å²) >= 11 is 0. The highest BCUT2D eigenvalue weighted by Gasteiger charge is 2.24. The number of hydrogen-bond acceptors (Lipinski definition) is 6. The first-order valence-electron chi connectivity index (χ1n) is 22.4. The summed E-state index contributed by atoms with van der Waals surface area (Å²) in [6.45, 7) is 4.74. The zero-order chi connectivity index (χ0) is 38.6. The van der Waals surface area contributed by atoms with Crippen LogP contribution in [-0.4, -0.2) is 68.5 Å². The van der Waals surface area contributed by atoms with Gasteiger partial charge >= 0.3 is 0 Å². The second-order valence-electron chi connectivity index (χ2n) is 16.8. The van der Waals surface area contributed by atoms with Crippen LogP contribution in [0.2, 0.25) is 0 Å². The van der Waals surface area contributed by atoms with Gasteiger partial charge in [0.05, 0.1) is 39.9 Å². The lowest BCUT2D eigenvalue weighted by Gasteiger charge is -2.30. The molecule has 0 aromatic heterocycles. The fourth-order valence-corrected chi connectivity index (χ4v) is 7.47. The average molecular weight is 761 g/mol. The van der Waals surface area contributed by atoms with Crippen LogP contribution in [0.3, 0.4) is 0 Å². The molecule has 3 atom stereocenters. The maximum absolute atomic E-state index is 12.9. The Balaban J connectivity index is 4.34. The Morgan fingerprint density at radius 2 is 0.942 bits per heavy atom. The maximum Gasteiger partial charge on any atom is 0.268 e. The van der Waals surface area contributed by atoms with Crippen molar-refractivity contribution in [1.29, 1.82) is 0 Å². The summed E-state index contributed by atoms with van der Waals surface area (Å²) in [7, 11) is 1.32. The normalized spacial score (nSPS) is 14.4. The van der Waals surface area contributed by atoms with Crippen molar-refractivity contribution in [2.24, 2.45) is 0 Å². The fraction of sp³-hybridized carbons (Fsp3) is 0.977. The quantitative estimate of drug-likeness (QED) is 0.0365. The molecule has 0 heterocycles. The summed E-state index contributed by atoms with van der Waals surface area (Å²) in [5.74, 6) is -0.162. The molecule has 3 unspecified atom stereocenters. The largest absolute Gasteiger partial charge is 0.756 e. The maximum atomic E-state index is 12.9. The number of phosphoric acid groups is 1. The molecular formula is C43H89N2O6P. The van der Waals surface area contributed by atoms with Crippen molar-refractivity contribution in [2.75, 3.05) is 40.9 Å². The van der Waals surface area contributed by atoms with Gasteiger partial charge in [0, 0.05) is 6.42 Å². The molecule has 2 N–H and O–H groups in total. The number of nitrogens with one attached hydrogen (secondary N) is 1. The molecule has 9 heteroatoms. The number of likely N-dealkylation sites (N-methyl/N-ethyl adjacent to an activating group) is 1.